The highest BCUT2D eigenvalue weighted by Crippen LogP contribution is 2.18. The summed E-state index contributed by atoms with van der Waals surface area (Å²) < 4.78 is 0. The Kier molecular flexibility index (Phi) is 3.12. The van der Waals surface area contributed by atoms with Gasteiger partial charge in [-0.2, -0.15) is 0 Å². The van der Waals surface area contributed by atoms with Crippen LogP contribution in [0.1, 0.15) is 18.1 Å². The Labute approximate surface area is 78.2 Å². The Morgan fingerprint density at radius 1 is 1.33 bits per heavy atom. The molecule has 0 radical (unpaired) electrons. The lowest BCUT2D eigenvalue weighted by atomic mass is 10.1. The van der Waals surface area contributed by atoms with Gasteiger partial charge in [-0.1, -0.05) is 54.6 Å². The molecule has 0 fully saturated rings. The van der Waals surface area contributed by atoms with Crippen LogP contribution in [0.25, 0.3) is 11.1 Å². The van der Waals surface area contributed by atoms with Crippen LogP contribution < -0.4 is 0 Å². The summed E-state index contributed by atoms with van der Waals surface area (Å²) in [6.45, 7) is 5.60. The third kappa shape index (κ3) is 1.99. The van der Waals surface area contributed by atoms with Crippen LogP contribution in [0.3, 0.4) is 0 Å². The third-order valence-corrected chi connectivity index (χ3v) is 2.11. The maximum Gasteiger partial charge on any atom is 0.0435 e. The second-order valence-corrected chi connectivity index (χ2v) is 2.87. The molecule has 0 nitrogen and oxygen atoms in total. The average molecular weight is 179 g/mol. The fourth-order valence-corrected chi connectivity index (χ4v) is 1.07. The molecule has 1 aromatic rings. The number of benzene rings is 1. The Morgan fingerprint density at radius 2 is 1.92 bits per heavy atom. The van der Waals surface area contributed by atoms with Crippen molar-refractivity contribution < 1.29 is 0 Å². The van der Waals surface area contributed by atoms with E-state index in [0.29, 0.717) is 0 Å². The third-order valence-electron chi connectivity index (χ3n) is 1.68. The predicted molar refractivity (Wildman–Crippen MR) is 56.0 cm³/mol. The van der Waals surface area contributed by atoms with Gasteiger partial charge in [0, 0.05) is 5.03 Å². The van der Waals surface area contributed by atoms with Crippen LogP contribution in [0.4, 0.5) is 0 Å². The second-order valence-electron chi connectivity index (χ2n) is 2.46. The molecule has 0 saturated carbocycles. The van der Waals surface area contributed by atoms with Crippen molar-refractivity contribution in [3.05, 3.63) is 48.0 Å². The van der Waals surface area contributed by atoms with Crippen molar-refractivity contribution >= 4 is 22.7 Å². The zero-order valence-electron chi connectivity index (χ0n) is 7.05. The first kappa shape index (κ1) is 9.08. The monoisotopic (exact) mass is 178 g/mol. The molecule has 0 unspecified atom stereocenters. The van der Waals surface area contributed by atoms with Crippen LogP contribution in [0.15, 0.2) is 36.9 Å². The lowest BCUT2D eigenvalue weighted by Crippen LogP contribution is -1.76. The van der Waals surface area contributed by atoms with Gasteiger partial charge in [0.25, 0.3) is 0 Å². The van der Waals surface area contributed by atoms with E-state index in [1.54, 1.807) is 0 Å². The normalized spacial score (nSPS) is 11.3. The first-order valence-electron chi connectivity index (χ1n) is 3.82. The highest BCUT2D eigenvalue weighted by atomic mass is 35.5. The summed E-state index contributed by atoms with van der Waals surface area (Å²) in [6.07, 6.45) is 3.69. The van der Waals surface area contributed by atoms with E-state index < -0.39 is 0 Å². The SMILES string of the molecule is C=Cc1ccc(C(Cl)=CC)cc1. The van der Waals surface area contributed by atoms with E-state index in [1.165, 1.54) is 0 Å². The molecule has 1 rings (SSSR count). The number of hydrogen-bond acceptors (Lipinski definition) is 0. The summed E-state index contributed by atoms with van der Waals surface area (Å²) in [6, 6.07) is 7.96. The summed E-state index contributed by atoms with van der Waals surface area (Å²) in [4.78, 5) is 0. The van der Waals surface area contributed by atoms with E-state index in [0.717, 1.165) is 16.2 Å². The number of rotatable bonds is 2. The molecule has 0 N–H and O–H groups in total. The van der Waals surface area contributed by atoms with Gasteiger partial charge >= 0.3 is 0 Å². The highest BCUT2D eigenvalue weighted by molar-refractivity contribution is 6.48. The molecule has 0 aliphatic heterocycles. The van der Waals surface area contributed by atoms with Crippen molar-refractivity contribution in [1.29, 1.82) is 0 Å². The summed E-state index contributed by atoms with van der Waals surface area (Å²) >= 11 is 5.92. The van der Waals surface area contributed by atoms with E-state index >= 15 is 0 Å². The van der Waals surface area contributed by atoms with Crippen molar-refractivity contribution in [1.82, 2.24) is 0 Å². The molecular weight excluding hydrogens is 168 g/mol. The van der Waals surface area contributed by atoms with E-state index in [9.17, 15) is 0 Å². The van der Waals surface area contributed by atoms with Gasteiger partial charge in [0.1, 0.15) is 0 Å². The van der Waals surface area contributed by atoms with Crippen LogP contribution in [-0.4, -0.2) is 0 Å². The lowest BCUT2D eigenvalue weighted by molar-refractivity contribution is 1.60. The maximum absolute atomic E-state index is 5.92. The van der Waals surface area contributed by atoms with Crippen LogP contribution in [0.2, 0.25) is 0 Å². The molecule has 62 valence electrons. The van der Waals surface area contributed by atoms with Gasteiger partial charge in [-0.25, -0.2) is 0 Å². The minimum atomic E-state index is 0.783. The molecule has 0 amide bonds. The number of allylic oxidation sites excluding steroid dienone is 1. The molecule has 0 bridgehead atoms. The molecule has 0 saturated heterocycles. The summed E-state index contributed by atoms with van der Waals surface area (Å²) in [5.41, 5.74) is 2.16. The smallest absolute Gasteiger partial charge is 0.0435 e. The van der Waals surface area contributed by atoms with Gasteiger partial charge in [-0.3, -0.25) is 0 Å². The van der Waals surface area contributed by atoms with Gasteiger partial charge in [-0.15, -0.1) is 0 Å². The summed E-state index contributed by atoms with van der Waals surface area (Å²) in [5, 5.41) is 0.783. The molecule has 12 heavy (non-hydrogen) atoms. The Morgan fingerprint density at radius 3 is 2.33 bits per heavy atom. The van der Waals surface area contributed by atoms with E-state index in [4.69, 9.17) is 11.6 Å². The molecule has 0 heterocycles. The Hall–Kier alpha value is -1.01. The lowest BCUT2D eigenvalue weighted by Gasteiger charge is -1.98. The molecule has 1 heteroatoms. The van der Waals surface area contributed by atoms with E-state index in [-0.39, 0.29) is 0 Å². The first-order chi connectivity index (χ1) is 5.77. The fraction of sp³-hybridized carbons (Fsp3) is 0.0909. The van der Waals surface area contributed by atoms with Gasteiger partial charge in [0.15, 0.2) is 0 Å². The molecule has 0 atom stereocenters. The minimum absolute atomic E-state index is 0.783. The standard InChI is InChI=1S/C11H11Cl/c1-3-9-5-7-10(8-6-9)11(12)4-2/h3-8H,1H2,2H3. The van der Waals surface area contributed by atoms with Gasteiger partial charge in [0.2, 0.25) is 0 Å². The first-order valence-corrected chi connectivity index (χ1v) is 4.20. The van der Waals surface area contributed by atoms with Gasteiger partial charge < -0.3 is 0 Å². The summed E-state index contributed by atoms with van der Waals surface area (Å²) in [7, 11) is 0. The minimum Gasteiger partial charge on any atom is -0.0985 e. The van der Waals surface area contributed by atoms with Gasteiger partial charge in [-0.05, 0) is 18.1 Å². The molecule has 0 spiro atoms. The van der Waals surface area contributed by atoms with Crippen molar-refractivity contribution in [2.24, 2.45) is 0 Å². The van der Waals surface area contributed by atoms with Crippen LogP contribution in [-0.2, 0) is 0 Å². The maximum atomic E-state index is 5.92. The van der Waals surface area contributed by atoms with Crippen LogP contribution >= 0.6 is 11.6 Å². The fourth-order valence-electron chi connectivity index (χ4n) is 0.945. The van der Waals surface area contributed by atoms with Crippen molar-refractivity contribution in [3.8, 4) is 0 Å². The largest absolute Gasteiger partial charge is 0.0985 e. The summed E-state index contributed by atoms with van der Waals surface area (Å²) in [5.74, 6) is 0. The molecule has 1 aromatic carbocycles. The van der Waals surface area contributed by atoms with Crippen molar-refractivity contribution in [2.75, 3.05) is 0 Å². The van der Waals surface area contributed by atoms with Crippen molar-refractivity contribution in [3.63, 3.8) is 0 Å². The van der Waals surface area contributed by atoms with Gasteiger partial charge in [0.05, 0.1) is 0 Å². The molecule has 0 aliphatic rings. The molecule has 0 aromatic heterocycles. The van der Waals surface area contributed by atoms with Crippen LogP contribution in [0, 0.1) is 0 Å². The highest BCUT2D eigenvalue weighted by Gasteiger charge is 1.94. The zero-order chi connectivity index (χ0) is 8.97. The number of halogens is 1. The Balaban J connectivity index is 2.99. The Bertz CT molecular complexity index is 293. The van der Waals surface area contributed by atoms with Crippen LogP contribution in [0.5, 0.6) is 0 Å². The second kappa shape index (κ2) is 4.13. The van der Waals surface area contributed by atoms with E-state index in [1.807, 2.05) is 43.3 Å². The van der Waals surface area contributed by atoms with E-state index in [2.05, 4.69) is 6.58 Å². The predicted octanol–water partition coefficient (Wildman–Crippen LogP) is 3.93. The number of hydrogen-bond donors (Lipinski definition) is 0. The van der Waals surface area contributed by atoms with Crippen molar-refractivity contribution in [2.45, 2.75) is 6.92 Å². The molecular formula is C11H11Cl. The molecule has 0 aliphatic carbocycles. The zero-order valence-corrected chi connectivity index (χ0v) is 7.81. The topological polar surface area (TPSA) is 0 Å². The quantitative estimate of drug-likeness (QED) is 0.644. The average Bonchev–Trinajstić information content (AvgIpc) is 2.17.